The summed E-state index contributed by atoms with van der Waals surface area (Å²) >= 11 is 6.21. The van der Waals surface area contributed by atoms with E-state index >= 15 is 0 Å². The van der Waals surface area contributed by atoms with Crippen LogP contribution in [0.25, 0.3) is 11.0 Å². The van der Waals surface area contributed by atoms with Crippen molar-refractivity contribution in [3.63, 3.8) is 0 Å². The number of hydrogen-bond donors (Lipinski definition) is 2. The highest BCUT2D eigenvalue weighted by Gasteiger charge is 2.21. The van der Waals surface area contributed by atoms with Gasteiger partial charge in [0.25, 0.3) is 10.0 Å². The third-order valence-electron chi connectivity index (χ3n) is 4.31. The molecule has 10 heteroatoms. The summed E-state index contributed by atoms with van der Waals surface area (Å²) < 4.78 is 29.5. The monoisotopic (exact) mass is 428 g/mol. The SMILES string of the molecule is Cc1c(Cl)cccc1Nc1nc2ccccc2nc1NS(=O)(=O)c1cnn(C)c1. The van der Waals surface area contributed by atoms with Crippen LogP contribution in [0.2, 0.25) is 5.02 Å². The maximum atomic E-state index is 12.8. The fourth-order valence-corrected chi connectivity index (χ4v) is 3.92. The first-order valence-electron chi connectivity index (χ1n) is 8.64. The maximum Gasteiger partial charge on any atom is 0.266 e. The number of nitrogens with one attached hydrogen (secondary N) is 2. The third kappa shape index (κ3) is 3.87. The van der Waals surface area contributed by atoms with Gasteiger partial charge in [0.1, 0.15) is 4.90 Å². The molecule has 0 saturated carbocycles. The Morgan fingerprint density at radius 1 is 1.00 bits per heavy atom. The number of hydrogen-bond acceptors (Lipinski definition) is 6. The lowest BCUT2D eigenvalue weighted by Crippen LogP contribution is -2.15. The Morgan fingerprint density at radius 3 is 2.34 bits per heavy atom. The van der Waals surface area contributed by atoms with E-state index in [-0.39, 0.29) is 16.5 Å². The van der Waals surface area contributed by atoms with E-state index in [0.717, 1.165) is 5.56 Å². The highest BCUT2D eigenvalue weighted by molar-refractivity contribution is 7.92. The van der Waals surface area contributed by atoms with Gasteiger partial charge < -0.3 is 5.32 Å². The molecule has 148 valence electrons. The van der Waals surface area contributed by atoms with Crippen molar-refractivity contribution in [2.24, 2.45) is 7.05 Å². The average Bonchev–Trinajstić information content (AvgIpc) is 3.13. The van der Waals surface area contributed by atoms with Gasteiger partial charge in [-0.1, -0.05) is 29.8 Å². The molecule has 0 spiro atoms. The van der Waals surface area contributed by atoms with Gasteiger partial charge in [0, 0.05) is 24.0 Å². The molecule has 2 aromatic carbocycles. The summed E-state index contributed by atoms with van der Waals surface area (Å²) in [6.07, 6.45) is 2.68. The molecule has 2 aromatic heterocycles. The number of sulfonamides is 1. The van der Waals surface area contributed by atoms with Crippen molar-refractivity contribution in [2.75, 3.05) is 10.0 Å². The number of halogens is 1. The van der Waals surface area contributed by atoms with Crippen LogP contribution in [-0.2, 0) is 17.1 Å². The van der Waals surface area contributed by atoms with Crippen molar-refractivity contribution in [1.82, 2.24) is 19.7 Å². The third-order valence-corrected chi connectivity index (χ3v) is 6.02. The molecule has 0 aliphatic carbocycles. The molecule has 0 atom stereocenters. The quantitative estimate of drug-likeness (QED) is 0.500. The Kier molecular flexibility index (Phi) is 4.85. The topological polar surface area (TPSA) is 102 Å². The van der Waals surface area contributed by atoms with Gasteiger partial charge >= 0.3 is 0 Å². The normalized spacial score (nSPS) is 11.6. The Balaban J connectivity index is 1.81. The summed E-state index contributed by atoms with van der Waals surface area (Å²) in [4.78, 5) is 9.05. The minimum absolute atomic E-state index is 0.0276. The smallest absolute Gasteiger partial charge is 0.266 e. The summed E-state index contributed by atoms with van der Waals surface area (Å²) in [5, 5.41) is 7.65. The van der Waals surface area contributed by atoms with E-state index in [1.807, 2.05) is 25.1 Å². The number of aromatic nitrogens is 4. The fourth-order valence-electron chi connectivity index (χ4n) is 2.75. The van der Waals surface area contributed by atoms with Crippen LogP contribution >= 0.6 is 11.6 Å². The molecule has 8 nitrogen and oxygen atoms in total. The van der Waals surface area contributed by atoms with Crippen LogP contribution in [0.5, 0.6) is 0 Å². The van der Waals surface area contributed by atoms with E-state index in [4.69, 9.17) is 11.6 Å². The van der Waals surface area contributed by atoms with Crippen molar-refractivity contribution in [1.29, 1.82) is 0 Å². The Morgan fingerprint density at radius 2 is 1.69 bits per heavy atom. The molecule has 0 unspecified atom stereocenters. The Labute approximate surface area is 172 Å². The molecule has 0 bridgehead atoms. The van der Waals surface area contributed by atoms with Crippen LogP contribution in [0.1, 0.15) is 5.56 Å². The number of anilines is 3. The van der Waals surface area contributed by atoms with Gasteiger partial charge in [-0.15, -0.1) is 0 Å². The number of fused-ring (bicyclic) bond motifs is 1. The highest BCUT2D eigenvalue weighted by Crippen LogP contribution is 2.30. The molecule has 0 fully saturated rings. The molecule has 2 N–H and O–H groups in total. The Bertz CT molecular complexity index is 1320. The van der Waals surface area contributed by atoms with Gasteiger partial charge in [-0.25, -0.2) is 18.4 Å². The molecular weight excluding hydrogens is 412 g/mol. The van der Waals surface area contributed by atoms with Gasteiger partial charge in [-0.2, -0.15) is 5.10 Å². The van der Waals surface area contributed by atoms with Gasteiger partial charge in [-0.3, -0.25) is 9.40 Å². The molecule has 4 aromatic rings. The zero-order valence-corrected chi connectivity index (χ0v) is 17.2. The molecule has 0 amide bonds. The van der Waals surface area contributed by atoms with Crippen LogP contribution in [0.3, 0.4) is 0 Å². The molecule has 29 heavy (non-hydrogen) atoms. The van der Waals surface area contributed by atoms with Crippen molar-refractivity contribution in [2.45, 2.75) is 11.8 Å². The lowest BCUT2D eigenvalue weighted by Gasteiger charge is -2.15. The first-order valence-corrected chi connectivity index (χ1v) is 10.5. The second-order valence-corrected chi connectivity index (χ2v) is 8.49. The molecule has 0 aliphatic heterocycles. The lowest BCUT2D eigenvalue weighted by molar-refractivity contribution is 0.601. The zero-order chi connectivity index (χ0) is 20.6. The predicted octanol–water partition coefficient (Wildman–Crippen LogP) is 3.87. The number of para-hydroxylation sites is 2. The van der Waals surface area contributed by atoms with Gasteiger partial charge in [0.15, 0.2) is 11.6 Å². The van der Waals surface area contributed by atoms with E-state index < -0.39 is 10.0 Å². The summed E-state index contributed by atoms with van der Waals surface area (Å²) in [6.45, 7) is 1.86. The van der Waals surface area contributed by atoms with Gasteiger partial charge in [-0.05, 0) is 36.8 Å². The second kappa shape index (κ2) is 7.34. The van der Waals surface area contributed by atoms with E-state index in [0.29, 0.717) is 21.7 Å². The zero-order valence-electron chi connectivity index (χ0n) is 15.6. The number of nitrogens with zero attached hydrogens (tertiary/aromatic N) is 4. The first-order chi connectivity index (χ1) is 13.8. The predicted molar refractivity (Wildman–Crippen MR) is 113 cm³/mol. The molecule has 2 heterocycles. The minimum atomic E-state index is -3.90. The van der Waals surface area contributed by atoms with Crippen LogP contribution in [0.4, 0.5) is 17.3 Å². The van der Waals surface area contributed by atoms with Gasteiger partial charge in [0.2, 0.25) is 0 Å². The average molecular weight is 429 g/mol. The van der Waals surface area contributed by atoms with Gasteiger partial charge in [0.05, 0.1) is 17.2 Å². The maximum absolute atomic E-state index is 12.8. The highest BCUT2D eigenvalue weighted by atomic mass is 35.5. The van der Waals surface area contributed by atoms with Crippen molar-refractivity contribution >= 4 is 50.0 Å². The number of aryl methyl sites for hydroxylation is 1. The largest absolute Gasteiger partial charge is 0.337 e. The van der Waals surface area contributed by atoms with Crippen molar-refractivity contribution in [3.8, 4) is 0 Å². The molecule has 4 rings (SSSR count). The van der Waals surface area contributed by atoms with Crippen LogP contribution < -0.4 is 10.0 Å². The van der Waals surface area contributed by atoms with E-state index in [2.05, 4.69) is 25.1 Å². The summed E-state index contributed by atoms with van der Waals surface area (Å²) in [7, 11) is -2.25. The standard InChI is InChI=1S/C19H17ClN6O2S/c1-12-14(20)6-5-9-15(12)22-18-19(24-17-8-4-3-7-16(17)23-18)25-29(27,28)13-10-21-26(2)11-13/h3-11H,1-2H3,(H,22,23)(H,24,25). The molecule has 0 radical (unpaired) electrons. The first kappa shape index (κ1) is 19.2. The number of benzene rings is 2. The summed E-state index contributed by atoms with van der Waals surface area (Å²) in [5.74, 6) is 0.341. The fraction of sp³-hybridized carbons (Fsp3) is 0.105. The van der Waals surface area contributed by atoms with Crippen LogP contribution in [-0.4, -0.2) is 28.2 Å². The second-order valence-electron chi connectivity index (χ2n) is 6.40. The van der Waals surface area contributed by atoms with E-state index in [1.165, 1.54) is 17.1 Å². The minimum Gasteiger partial charge on any atom is -0.337 e. The Hall–Kier alpha value is -3.17. The molecule has 0 aliphatic rings. The van der Waals surface area contributed by atoms with Crippen LogP contribution in [0, 0.1) is 6.92 Å². The van der Waals surface area contributed by atoms with Crippen LogP contribution in [0.15, 0.2) is 59.8 Å². The van der Waals surface area contributed by atoms with E-state index in [1.54, 1.807) is 31.3 Å². The summed E-state index contributed by atoms with van der Waals surface area (Å²) in [5.41, 5.74) is 2.69. The van der Waals surface area contributed by atoms with Crippen molar-refractivity contribution in [3.05, 3.63) is 65.4 Å². The van der Waals surface area contributed by atoms with Crippen molar-refractivity contribution < 1.29 is 8.42 Å². The van der Waals surface area contributed by atoms with E-state index in [9.17, 15) is 8.42 Å². The molecule has 0 saturated heterocycles. The lowest BCUT2D eigenvalue weighted by atomic mass is 10.2. The number of rotatable bonds is 5. The summed E-state index contributed by atoms with van der Waals surface area (Å²) in [6, 6.07) is 12.6. The molecular formula is C19H17ClN6O2S.